The highest BCUT2D eigenvalue weighted by atomic mass is 15.1. The Hall–Kier alpha value is -0.790. The van der Waals surface area contributed by atoms with E-state index in [-0.39, 0.29) is 0 Å². The summed E-state index contributed by atoms with van der Waals surface area (Å²) in [6, 6.07) is 0.624. The maximum Gasteiger partial charge on any atom is 0.257 e. The van der Waals surface area contributed by atoms with E-state index in [0.29, 0.717) is 12.0 Å². The fraction of sp³-hybridized carbons (Fsp3) is 0.903. The molecule has 0 aromatic carbocycles. The van der Waals surface area contributed by atoms with Crippen molar-refractivity contribution in [1.82, 2.24) is 4.98 Å². The van der Waals surface area contributed by atoms with E-state index in [1.807, 2.05) is 0 Å². The number of nitrogens with zero attached hydrogens (tertiary/aromatic N) is 1. The SMILES string of the molecule is CCCCCCCCCCCCC(C)[n+]1cc[nH]c1C(CCCC)CCCCCCCCC. The van der Waals surface area contributed by atoms with Gasteiger partial charge in [0.15, 0.2) is 0 Å². The lowest BCUT2D eigenvalue weighted by atomic mass is 9.93. The van der Waals surface area contributed by atoms with Gasteiger partial charge in [-0.05, 0) is 32.6 Å². The van der Waals surface area contributed by atoms with E-state index in [4.69, 9.17) is 0 Å². The van der Waals surface area contributed by atoms with Crippen LogP contribution in [0.1, 0.15) is 187 Å². The summed E-state index contributed by atoms with van der Waals surface area (Å²) in [4.78, 5) is 3.67. The molecule has 2 unspecified atom stereocenters. The van der Waals surface area contributed by atoms with Crippen LogP contribution in [0.2, 0.25) is 0 Å². The highest BCUT2D eigenvalue weighted by molar-refractivity contribution is 4.90. The van der Waals surface area contributed by atoms with Gasteiger partial charge in [-0.25, -0.2) is 9.55 Å². The summed E-state index contributed by atoms with van der Waals surface area (Å²) in [6.45, 7) is 9.38. The van der Waals surface area contributed by atoms with Gasteiger partial charge in [0.05, 0.1) is 12.0 Å². The lowest BCUT2D eigenvalue weighted by Crippen LogP contribution is -2.41. The molecule has 1 rings (SSSR count). The number of aromatic nitrogens is 2. The molecule has 33 heavy (non-hydrogen) atoms. The summed E-state index contributed by atoms with van der Waals surface area (Å²) >= 11 is 0. The summed E-state index contributed by atoms with van der Waals surface area (Å²) in [5.74, 6) is 2.22. The predicted octanol–water partition coefficient (Wildman–Crippen LogP) is 10.6. The average molecular weight is 462 g/mol. The van der Waals surface area contributed by atoms with Crippen LogP contribution < -0.4 is 4.57 Å². The minimum atomic E-state index is 0.624. The van der Waals surface area contributed by atoms with Crippen LogP contribution in [0, 0.1) is 0 Å². The van der Waals surface area contributed by atoms with E-state index in [1.54, 1.807) is 0 Å². The van der Waals surface area contributed by atoms with Crippen LogP contribution in [0.15, 0.2) is 12.4 Å². The van der Waals surface area contributed by atoms with Crippen molar-refractivity contribution in [2.24, 2.45) is 0 Å². The van der Waals surface area contributed by atoms with Crippen LogP contribution in [0.3, 0.4) is 0 Å². The number of hydrogen-bond donors (Lipinski definition) is 1. The largest absolute Gasteiger partial charge is 0.257 e. The molecule has 1 N–H and O–H groups in total. The van der Waals surface area contributed by atoms with Gasteiger partial charge in [0.1, 0.15) is 12.4 Å². The summed E-state index contributed by atoms with van der Waals surface area (Å²) < 4.78 is 2.59. The van der Waals surface area contributed by atoms with Gasteiger partial charge in [0, 0.05) is 0 Å². The Morgan fingerprint density at radius 2 is 1.00 bits per heavy atom. The van der Waals surface area contributed by atoms with Crippen molar-refractivity contribution >= 4 is 0 Å². The third-order valence-corrected chi connectivity index (χ3v) is 7.64. The molecule has 0 aliphatic heterocycles. The molecule has 2 heteroatoms. The monoisotopic (exact) mass is 461 g/mol. The Kier molecular flexibility index (Phi) is 19.9. The summed E-state index contributed by atoms with van der Waals surface area (Å²) in [5.41, 5.74) is 0. The zero-order valence-electron chi connectivity index (χ0n) is 23.3. The molecule has 0 aliphatic rings. The van der Waals surface area contributed by atoms with Crippen LogP contribution in [0.25, 0.3) is 0 Å². The first kappa shape index (κ1) is 30.2. The van der Waals surface area contributed by atoms with Crippen molar-refractivity contribution in [2.45, 2.75) is 181 Å². The Morgan fingerprint density at radius 3 is 1.52 bits per heavy atom. The van der Waals surface area contributed by atoms with Crippen LogP contribution in [0.5, 0.6) is 0 Å². The molecule has 0 amide bonds. The molecule has 1 heterocycles. The number of imidazole rings is 1. The fourth-order valence-electron chi connectivity index (χ4n) is 5.35. The van der Waals surface area contributed by atoms with Crippen molar-refractivity contribution in [3.05, 3.63) is 18.2 Å². The van der Waals surface area contributed by atoms with E-state index in [1.165, 1.54) is 147 Å². The molecule has 0 saturated carbocycles. The highest BCUT2D eigenvalue weighted by Crippen LogP contribution is 2.26. The molecular formula is C31H61N2+. The first-order valence-electron chi connectivity index (χ1n) is 15.3. The molecule has 0 saturated heterocycles. The van der Waals surface area contributed by atoms with Gasteiger partial charge in [-0.15, -0.1) is 0 Å². The summed E-state index contributed by atoms with van der Waals surface area (Å²) in [7, 11) is 0. The minimum absolute atomic E-state index is 0.624. The Balaban J connectivity index is 2.34. The maximum atomic E-state index is 3.67. The number of H-pyrrole nitrogens is 1. The van der Waals surface area contributed by atoms with E-state index in [9.17, 15) is 0 Å². The zero-order chi connectivity index (χ0) is 24.0. The van der Waals surface area contributed by atoms with E-state index < -0.39 is 0 Å². The van der Waals surface area contributed by atoms with Crippen molar-refractivity contribution in [1.29, 1.82) is 0 Å². The molecule has 0 spiro atoms. The molecular weight excluding hydrogens is 400 g/mol. The molecule has 0 fully saturated rings. The van der Waals surface area contributed by atoms with Gasteiger partial charge in [0.25, 0.3) is 5.82 Å². The van der Waals surface area contributed by atoms with Crippen molar-refractivity contribution < 1.29 is 4.57 Å². The predicted molar refractivity (Wildman–Crippen MR) is 147 cm³/mol. The summed E-state index contributed by atoms with van der Waals surface area (Å²) in [5, 5.41) is 0. The number of unbranched alkanes of at least 4 members (excludes halogenated alkanes) is 16. The number of nitrogens with one attached hydrogen (secondary N) is 1. The molecule has 194 valence electrons. The molecule has 0 aliphatic carbocycles. The van der Waals surface area contributed by atoms with Gasteiger partial charge in [0.2, 0.25) is 0 Å². The smallest absolute Gasteiger partial charge is 0.247 e. The topological polar surface area (TPSA) is 19.7 Å². The average Bonchev–Trinajstić information content (AvgIpc) is 3.31. The second-order valence-electron chi connectivity index (χ2n) is 10.8. The van der Waals surface area contributed by atoms with E-state index in [0.717, 1.165) is 0 Å². The number of rotatable bonds is 24. The zero-order valence-corrected chi connectivity index (χ0v) is 23.3. The van der Waals surface area contributed by atoms with E-state index in [2.05, 4.69) is 49.6 Å². The number of hydrogen-bond acceptors (Lipinski definition) is 0. The molecule has 1 aromatic heterocycles. The molecule has 1 aromatic rings. The van der Waals surface area contributed by atoms with Gasteiger partial charge < -0.3 is 0 Å². The molecule has 2 nitrogen and oxygen atoms in total. The first-order valence-corrected chi connectivity index (χ1v) is 15.3. The lowest BCUT2D eigenvalue weighted by Gasteiger charge is -2.17. The maximum absolute atomic E-state index is 3.67. The lowest BCUT2D eigenvalue weighted by molar-refractivity contribution is -0.727. The Labute approximate surface area is 208 Å². The first-order chi connectivity index (χ1) is 16.2. The second kappa shape index (κ2) is 21.7. The molecule has 0 radical (unpaired) electrons. The van der Waals surface area contributed by atoms with Gasteiger partial charge in [-0.2, -0.15) is 0 Å². The third-order valence-electron chi connectivity index (χ3n) is 7.64. The van der Waals surface area contributed by atoms with Crippen LogP contribution in [-0.4, -0.2) is 4.98 Å². The van der Waals surface area contributed by atoms with Crippen LogP contribution in [-0.2, 0) is 0 Å². The van der Waals surface area contributed by atoms with E-state index >= 15 is 0 Å². The third kappa shape index (κ3) is 14.9. The Bertz CT molecular complexity index is 521. The fourth-order valence-corrected chi connectivity index (χ4v) is 5.35. The quantitative estimate of drug-likeness (QED) is 0.117. The highest BCUT2D eigenvalue weighted by Gasteiger charge is 2.25. The Morgan fingerprint density at radius 1 is 0.576 bits per heavy atom. The minimum Gasteiger partial charge on any atom is -0.247 e. The van der Waals surface area contributed by atoms with Crippen molar-refractivity contribution in [3.63, 3.8) is 0 Å². The van der Waals surface area contributed by atoms with Gasteiger partial charge >= 0.3 is 0 Å². The molecule has 0 bridgehead atoms. The standard InChI is InChI=1S/C31H60N2/c1-5-8-11-13-15-16-17-19-20-22-24-29(4)33-28-27-32-31(33)30(25-10-7-3)26-23-21-18-14-12-9-6-2/h27-30H,5-26H2,1-4H3/p+1. The molecule has 2 atom stereocenters. The second-order valence-corrected chi connectivity index (χ2v) is 10.8. The van der Waals surface area contributed by atoms with Crippen molar-refractivity contribution in [2.75, 3.05) is 0 Å². The summed E-state index contributed by atoms with van der Waals surface area (Å²) in [6.07, 6.45) is 35.3. The number of aromatic amines is 1. The van der Waals surface area contributed by atoms with Gasteiger partial charge in [-0.3, -0.25) is 0 Å². The van der Waals surface area contributed by atoms with Gasteiger partial charge in [-0.1, -0.05) is 136 Å². The van der Waals surface area contributed by atoms with Crippen LogP contribution in [0.4, 0.5) is 0 Å². The van der Waals surface area contributed by atoms with Crippen LogP contribution >= 0.6 is 0 Å². The van der Waals surface area contributed by atoms with Crippen molar-refractivity contribution in [3.8, 4) is 0 Å². The normalized spacial score (nSPS) is 13.5.